The van der Waals surface area contributed by atoms with Gasteiger partial charge in [-0.15, -0.1) is 23.2 Å². The van der Waals surface area contributed by atoms with Crippen LogP contribution in [0.15, 0.2) is 150 Å². The number of amides is 5. The lowest BCUT2D eigenvalue weighted by atomic mass is 9.78. The summed E-state index contributed by atoms with van der Waals surface area (Å²) in [4.78, 5) is 81.0. The number of carbonyl (C=O) groups is 6. The maximum Gasteiger partial charge on any atom is 0.494 e. The van der Waals surface area contributed by atoms with Gasteiger partial charge in [0.25, 0.3) is 47.3 Å². The summed E-state index contributed by atoms with van der Waals surface area (Å²) in [5.41, 5.74) is 20.0. The lowest BCUT2D eigenvalue weighted by Gasteiger charge is -2.38. The van der Waals surface area contributed by atoms with E-state index in [9.17, 15) is 99.0 Å². The van der Waals surface area contributed by atoms with Crippen molar-refractivity contribution in [1.29, 1.82) is 0 Å². The first-order valence-electron chi connectivity index (χ1n) is 45.2. The van der Waals surface area contributed by atoms with Crippen molar-refractivity contribution in [2.75, 3.05) is 82.3 Å². The van der Waals surface area contributed by atoms with Crippen LogP contribution in [0.3, 0.4) is 0 Å². The Morgan fingerprint density at radius 1 is 0.432 bits per heavy atom. The van der Waals surface area contributed by atoms with E-state index in [0.29, 0.717) is 113 Å². The van der Waals surface area contributed by atoms with Crippen LogP contribution in [0.4, 0.5) is 81.9 Å². The number of nitrogens with one attached hydrogen (secondary N) is 1. The molecule has 5 amide bonds. The van der Waals surface area contributed by atoms with Crippen molar-refractivity contribution in [2.45, 2.75) is 139 Å². The molecule has 4 unspecified atom stereocenters. The number of hydrogen-bond acceptors (Lipinski definition) is 17. The van der Waals surface area contributed by atoms with Gasteiger partial charge in [0.05, 0.1) is 95.5 Å². The molecule has 0 saturated carbocycles. The number of fused-ring (bicyclic) bond motifs is 4. The third-order valence-electron chi connectivity index (χ3n) is 24.6. The minimum absolute atomic E-state index is 0.00544. The highest BCUT2D eigenvalue weighted by atomic mass is 79.9. The average molecular weight is 2260 g/mol. The maximum atomic E-state index is 14.8. The van der Waals surface area contributed by atoms with Crippen LogP contribution in [0.5, 0.6) is 23.0 Å². The quantitative estimate of drug-likeness (QED) is 0.0245. The number of pyridine rings is 2. The standard InChI is InChI=1S/C27H21ClF4N4O3.C20H16ClF4NO2.C19H15ClF4N2O2.C16H22BClO3.C10H6BrF4NO.C8H8N2O2.CH2Cl2/c28-19-7-15(16-8-20(29)24(21(30)9-16)26(38)36-12-27(31,32)13-36)5-17-6-18(39-25(17)19)11-35-23(37)4-2-14-1-3-22(33)34-10-14;1-2-13-4-12-3-10(5-14(21)18(12)28-13)11-6-15(22)17(16(23)7-11)19(27)26-8-20(24,25)9-26;20-13-3-9(1-11-2-12(6-25)28-17(11)13)10-4-14(21)16(15(22)5-10)18(27)26-7-19(23,24)8-26;1-6-12-8-10-7-11(9-13(18)14(10)19-12)17-20-15(2,3)16(4,5)21-17;11-5-1-6(12)8(7(13)2-5)9(17)16-3-10(14,15)4-16;9-7-3-1-6(5-10-7)2-4-8(11)12;2-1-3/h1-5,7-10,18H,6,11-13H2,(H2,33,34)(H,35,37);3,5-7,13H,2,4,8-9H2,1H3;1,3-5,12H,2,6-8,25H2;7,9,12H,6,8H2,1-5H3;1-2H,3-4H2;1-5H,(H2,9,10)(H,11,12);1H2/b4-2+;;;;;4-2+;. The van der Waals surface area contributed by atoms with Crippen LogP contribution in [0.1, 0.15) is 129 Å². The van der Waals surface area contributed by atoms with Gasteiger partial charge in [0.2, 0.25) is 5.91 Å². The Bertz CT molecular complexity index is 6540. The normalized spacial score (nSPS) is 18.8. The number of carbonyl (C=O) groups excluding carboxylic acids is 5. The predicted octanol–water partition coefficient (Wildman–Crippen LogP) is 21.6. The molecule has 5 saturated heterocycles. The summed E-state index contributed by atoms with van der Waals surface area (Å²) in [6.45, 7) is 6.04. The molecule has 4 atom stereocenters. The number of benzene rings is 8. The third kappa shape index (κ3) is 27.1. The lowest BCUT2D eigenvalue weighted by molar-refractivity contribution is -0.131. The van der Waals surface area contributed by atoms with Crippen LogP contribution < -0.4 is 46.9 Å². The van der Waals surface area contributed by atoms with E-state index >= 15 is 0 Å². The van der Waals surface area contributed by atoms with E-state index in [4.69, 9.17) is 120 Å². The Morgan fingerprint density at radius 2 is 0.709 bits per heavy atom. The highest BCUT2D eigenvalue weighted by Crippen LogP contribution is 2.47. The number of rotatable bonds is 17. The molecule has 8 aromatic carbocycles. The molecular weight excluding hydrogens is 2170 g/mol. The second-order valence-electron chi connectivity index (χ2n) is 36.4. The molecule has 786 valence electrons. The predicted molar refractivity (Wildman–Crippen MR) is 530 cm³/mol. The Morgan fingerprint density at radius 3 is 1.01 bits per heavy atom. The number of nitrogen functional groups attached to an aromatic ring is 2. The van der Waals surface area contributed by atoms with E-state index < -0.39 is 181 Å². The highest BCUT2D eigenvalue weighted by molar-refractivity contribution is 9.10. The summed E-state index contributed by atoms with van der Waals surface area (Å²) in [5.74, 6) is -23.6. The van der Waals surface area contributed by atoms with Gasteiger partial charge in [-0.05, 0) is 229 Å². The van der Waals surface area contributed by atoms with Gasteiger partial charge in [0.1, 0.15) is 128 Å². The second kappa shape index (κ2) is 46.4. The van der Waals surface area contributed by atoms with E-state index in [2.05, 4.69) is 71.9 Å². The van der Waals surface area contributed by atoms with Gasteiger partial charge < -0.3 is 75.5 Å². The topological polar surface area (TPSA) is 307 Å². The third-order valence-corrected chi connectivity index (χ3v) is 26.2. The van der Waals surface area contributed by atoms with Crippen molar-refractivity contribution in [3.05, 3.63) is 273 Å². The number of ether oxygens (including phenoxy) is 4. The maximum absolute atomic E-state index is 14.8. The zero-order valence-corrected chi connectivity index (χ0v) is 85.0. The van der Waals surface area contributed by atoms with Crippen molar-refractivity contribution < 1.29 is 132 Å². The number of carboxylic acids is 1. The van der Waals surface area contributed by atoms with Crippen molar-refractivity contribution in [3.63, 3.8) is 0 Å². The number of aliphatic carboxylic acids is 1. The van der Waals surface area contributed by atoms with Crippen molar-refractivity contribution in [1.82, 2.24) is 34.9 Å². The van der Waals surface area contributed by atoms with Gasteiger partial charge in [-0.1, -0.05) is 82.2 Å². The molecule has 8 N–H and O–H groups in total. The SMILES string of the molecule is CCC1Cc2cc(-c3cc(F)c(C(=O)N4CC(F)(F)C4)c(F)c3)cc(Cl)c2O1.CCC1Cc2cc(B3OC(C)(C)C(C)(C)O3)cc(Cl)c2O1.ClCCl.NCC1Cc2cc(-c3cc(F)c(C(=O)N4CC(F)(F)C4)c(F)c3)cc(Cl)c2O1.Nc1ccc(/C=C/C(=O)NCC2Cc3cc(-c4cc(F)c(C(=O)N5CC(F)(F)C5)c(F)c4)cc(Cl)c3O2)cn1.Nc1ccc(/C=C/C(=O)O)cn1.O=C(c1c(F)cc(Br)cc1F)N1CC(F)(F)C1. The molecule has 9 aliphatic rings. The molecule has 47 heteroatoms. The van der Waals surface area contributed by atoms with Crippen LogP contribution in [0.25, 0.3) is 45.5 Å². The zero-order chi connectivity index (χ0) is 108. The molecule has 0 spiro atoms. The lowest BCUT2D eigenvalue weighted by Crippen LogP contribution is -2.58. The van der Waals surface area contributed by atoms with Gasteiger partial charge in [0.15, 0.2) is 0 Å². The fourth-order valence-electron chi connectivity index (χ4n) is 16.4. The van der Waals surface area contributed by atoms with Crippen molar-refractivity contribution in [3.8, 4) is 56.4 Å². The van der Waals surface area contributed by atoms with Crippen LogP contribution in [-0.2, 0) is 44.6 Å². The molecule has 23 nitrogen and oxygen atoms in total. The van der Waals surface area contributed by atoms with Gasteiger partial charge >= 0.3 is 13.1 Å². The molecule has 0 radical (unpaired) electrons. The summed E-state index contributed by atoms with van der Waals surface area (Å²) in [7, 11) is -0.376. The van der Waals surface area contributed by atoms with E-state index in [-0.39, 0.29) is 85.6 Å². The van der Waals surface area contributed by atoms with Gasteiger partial charge in [0, 0.05) is 72.4 Å². The van der Waals surface area contributed by atoms with Crippen LogP contribution >= 0.6 is 85.5 Å². The zero-order valence-electron chi connectivity index (χ0n) is 78.9. The Hall–Kier alpha value is -11.8. The smallest absolute Gasteiger partial charge is 0.488 e. The number of nitrogens with two attached hydrogens (primary N) is 3. The second-order valence-corrected chi connectivity index (χ2v) is 39.7. The van der Waals surface area contributed by atoms with E-state index in [1.165, 1.54) is 36.7 Å². The summed E-state index contributed by atoms with van der Waals surface area (Å²) in [5, 5.41) is 12.7. The molecule has 2 aromatic heterocycles. The summed E-state index contributed by atoms with van der Waals surface area (Å²) in [6, 6.07) is 28.0. The average Bonchev–Trinajstić information content (AvgIpc) is 1.53. The van der Waals surface area contributed by atoms with E-state index in [0.717, 1.165) is 107 Å². The number of nitrogens with zero attached hydrogens (tertiary/aromatic N) is 6. The summed E-state index contributed by atoms with van der Waals surface area (Å²) in [6.07, 6.45) is 12.3. The van der Waals surface area contributed by atoms with Crippen LogP contribution in [0.2, 0.25) is 20.1 Å². The molecule has 0 aliphatic carbocycles. The number of aromatic nitrogens is 2. The molecule has 11 heterocycles. The number of halogens is 23. The fraction of sp³-hybridized carbons (Fsp3) is 0.327. The first kappa shape index (κ1) is 113. The highest BCUT2D eigenvalue weighted by Gasteiger charge is 2.54. The monoisotopic (exact) mass is 2250 g/mol. The van der Waals surface area contributed by atoms with Gasteiger partial charge in [-0.25, -0.2) is 85.0 Å². The number of carboxylic acid groups (broad SMARTS) is 1. The van der Waals surface area contributed by atoms with E-state index in [1.807, 2.05) is 13.0 Å². The molecule has 5 fully saturated rings. The fourth-order valence-corrected chi connectivity index (χ4v) is 17.9. The van der Waals surface area contributed by atoms with E-state index in [1.54, 1.807) is 54.6 Å². The molecule has 10 aromatic rings. The number of alkyl halides is 10. The number of hydrogen-bond donors (Lipinski definition) is 5. The van der Waals surface area contributed by atoms with Crippen molar-refractivity contribution >= 4 is 157 Å². The van der Waals surface area contributed by atoms with Crippen LogP contribution in [0, 0.1) is 46.5 Å². The van der Waals surface area contributed by atoms with Crippen molar-refractivity contribution in [2.24, 2.45) is 5.73 Å². The molecular formula is C101H90BBrCl6F16N10O13. The number of anilines is 2. The Kier molecular flexibility index (Phi) is 35.5. The molecule has 148 heavy (non-hydrogen) atoms. The molecule has 9 aliphatic heterocycles. The minimum Gasteiger partial charge on any atom is -0.488 e. The minimum atomic E-state index is -3.06. The van der Waals surface area contributed by atoms with Crippen LogP contribution in [-0.4, -0.2) is 207 Å². The number of likely N-dealkylation sites (tertiary alicyclic amines) is 4. The molecule has 19 rings (SSSR count). The summed E-state index contributed by atoms with van der Waals surface area (Å²) < 4.78 is 253. The van der Waals surface area contributed by atoms with Gasteiger partial charge in [-0.3, -0.25) is 24.0 Å². The first-order chi connectivity index (χ1) is 69.5. The molecule has 0 bridgehead atoms. The Balaban J connectivity index is 0.000000152. The van der Waals surface area contributed by atoms with Gasteiger partial charge in [-0.2, -0.15) is 0 Å². The first-order valence-corrected chi connectivity index (χ1v) is 48.6. The Labute approximate surface area is 875 Å². The largest absolute Gasteiger partial charge is 0.494 e. The summed E-state index contributed by atoms with van der Waals surface area (Å²) >= 11 is 37.6.